The molecule has 0 unspecified atom stereocenters. The van der Waals surface area contributed by atoms with Crippen LogP contribution < -0.4 is 10.2 Å². The quantitative estimate of drug-likeness (QED) is 0.0393. The van der Waals surface area contributed by atoms with Crippen LogP contribution >= 0.6 is 22.7 Å². The van der Waals surface area contributed by atoms with Gasteiger partial charge in [0.1, 0.15) is 32.9 Å². The molecular weight excluding hydrogens is 1150 g/mol. The number of hydrogen-bond donors (Lipinski definition) is 5. The number of nitrogens with one attached hydrogen (secondary N) is 1. The van der Waals surface area contributed by atoms with E-state index in [1.54, 1.807) is 57.7 Å². The molecule has 0 spiro atoms. The molecule has 8 aromatic rings. The Balaban J connectivity index is 1.49. The molecule has 22 nitrogen and oxygen atoms in total. The number of aryl methyl sites for hydroxylation is 5. The molecule has 4 heterocycles. The summed E-state index contributed by atoms with van der Waals surface area (Å²) in [5.74, 6) is -0.117. The smallest absolute Gasteiger partial charge is 0.295 e. The Kier molecular flexibility index (Phi) is 16.4. The maximum absolute atomic E-state index is 13.5. The van der Waals surface area contributed by atoms with Gasteiger partial charge in [-0.2, -0.15) is 48.7 Å². The number of nitrogens with zero attached hydrogens (tertiary/aromatic N) is 9. The molecule has 28 heteroatoms. The highest BCUT2D eigenvalue weighted by atomic mass is 32.2. The summed E-state index contributed by atoms with van der Waals surface area (Å²) in [6.45, 7) is 17.8. The van der Waals surface area contributed by atoms with Crippen molar-refractivity contribution in [1.29, 1.82) is 5.26 Å². The highest BCUT2D eigenvalue weighted by molar-refractivity contribution is 7.86. The summed E-state index contributed by atoms with van der Waals surface area (Å²) in [6, 6.07) is 14.8. The van der Waals surface area contributed by atoms with Gasteiger partial charge in [0, 0.05) is 11.1 Å². The lowest BCUT2D eigenvalue weighted by molar-refractivity contribution is 0.478. The second-order valence-electron chi connectivity index (χ2n) is 19.5. The van der Waals surface area contributed by atoms with E-state index < -0.39 is 50.8 Å². The van der Waals surface area contributed by atoms with Gasteiger partial charge in [-0.3, -0.25) is 23.1 Å². The molecule has 0 fully saturated rings. The Hall–Kier alpha value is -6.65. The predicted octanol–water partition coefficient (Wildman–Crippen LogP) is 12.0. The number of rotatable bonds is 18. The van der Waals surface area contributed by atoms with E-state index in [9.17, 15) is 57.1 Å². The summed E-state index contributed by atoms with van der Waals surface area (Å²) in [6.07, 6.45) is 1.28. The van der Waals surface area contributed by atoms with Crippen molar-refractivity contribution >= 4 is 123 Å². The predicted molar refractivity (Wildman–Crippen MR) is 306 cm³/mol. The van der Waals surface area contributed by atoms with Crippen LogP contribution in [0.3, 0.4) is 0 Å². The first kappa shape index (κ1) is 59.5. The minimum absolute atomic E-state index is 0.00822. The van der Waals surface area contributed by atoms with E-state index in [1.165, 1.54) is 41.1 Å². The molecular formula is C52H56N10O12S6. The average molecular weight is 1210 g/mol. The number of pyridine rings is 1. The topological polar surface area (TPSA) is 338 Å². The van der Waals surface area contributed by atoms with Gasteiger partial charge >= 0.3 is 0 Å². The number of thiazole rings is 2. The number of hydrogen-bond acceptors (Lipinski definition) is 19. The van der Waals surface area contributed by atoms with E-state index in [1.807, 2.05) is 34.6 Å². The first-order valence-electron chi connectivity index (χ1n) is 25.0. The summed E-state index contributed by atoms with van der Waals surface area (Å²) >= 11 is 1.99. The van der Waals surface area contributed by atoms with Crippen molar-refractivity contribution in [2.75, 3.05) is 10.2 Å². The van der Waals surface area contributed by atoms with Gasteiger partial charge in [-0.25, -0.2) is 15.0 Å². The second-order valence-corrected chi connectivity index (χ2v) is 27.1. The van der Waals surface area contributed by atoms with E-state index >= 15 is 0 Å². The molecule has 0 atom stereocenters. The average Bonchev–Trinajstić information content (AvgIpc) is 4.15. The summed E-state index contributed by atoms with van der Waals surface area (Å²) in [4.78, 5) is 15.0. The zero-order chi connectivity index (χ0) is 58.8. The zero-order valence-electron chi connectivity index (χ0n) is 45.0. The van der Waals surface area contributed by atoms with E-state index in [0.29, 0.717) is 66.8 Å². The van der Waals surface area contributed by atoms with Crippen LogP contribution in [0.15, 0.2) is 84.4 Å². The van der Waals surface area contributed by atoms with Gasteiger partial charge in [-0.1, -0.05) is 97.1 Å². The zero-order valence-corrected chi connectivity index (χ0v) is 49.9. The largest absolute Gasteiger partial charge is 0.338 e. The van der Waals surface area contributed by atoms with Crippen LogP contribution in [0.1, 0.15) is 113 Å². The minimum atomic E-state index is -4.90. The van der Waals surface area contributed by atoms with Gasteiger partial charge in [0.15, 0.2) is 16.8 Å². The van der Waals surface area contributed by atoms with Gasteiger partial charge in [-0.15, -0.1) is 10.2 Å². The molecule has 422 valence electrons. The van der Waals surface area contributed by atoms with Crippen molar-refractivity contribution in [2.45, 2.75) is 133 Å². The third kappa shape index (κ3) is 11.4. The van der Waals surface area contributed by atoms with Crippen LogP contribution in [0.25, 0.3) is 25.6 Å². The maximum atomic E-state index is 13.5. The van der Waals surface area contributed by atoms with E-state index in [4.69, 9.17) is 25.3 Å². The fraction of sp³-hybridized carbons (Fsp3) is 0.327. The fourth-order valence-corrected chi connectivity index (χ4v) is 14.9. The maximum Gasteiger partial charge on any atom is 0.295 e. The van der Waals surface area contributed by atoms with Crippen LogP contribution in [0, 0.1) is 18.3 Å². The Morgan fingerprint density at radius 3 is 1.68 bits per heavy atom. The lowest BCUT2D eigenvalue weighted by Gasteiger charge is -2.29. The molecule has 0 saturated heterocycles. The first-order chi connectivity index (χ1) is 37.4. The number of anilines is 5. The van der Waals surface area contributed by atoms with Crippen molar-refractivity contribution < 1.29 is 51.9 Å². The van der Waals surface area contributed by atoms with Crippen LogP contribution in [0.4, 0.5) is 39.6 Å². The van der Waals surface area contributed by atoms with Gasteiger partial charge < -0.3 is 5.32 Å². The molecule has 5 N–H and O–H groups in total. The van der Waals surface area contributed by atoms with Crippen molar-refractivity contribution in [1.82, 2.24) is 24.7 Å². The Labute approximate surface area is 471 Å². The normalized spacial score (nSPS) is 12.8. The van der Waals surface area contributed by atoms with Gasteiger partial charge in [-0.05, 0) is 127 Å². The lowest BCUT2D eigenvalue weighted by atomic mass is 9.90. The molecule has 80 heavy (non-hydrogen) atoms. The third-order valence-electron chi connectivity index (χ3n) is 13.2. The van der Waals surface area contributed by atoms with Crippen molar-refractivity contribution in [2.24, 2.45) is 10.2 Å². The number of benzene rings is 4. The number of azo groups is 1. The lowest BCUT2D eigenvalue weighted by Crippen LogP contribution is -2.20. The highest BCUT2D eigenvalue weighted by Crippen LogP contribution is 2.48. The standard InChI is InChI=1S/C52H56N10O12S6/c1-11-28-22-30(13-3)45(79(69,70)71)34(15-5)43(28)57-48-42(58-59-49-36(26-53)47(52(8,9)10)60-62(49)51-55-38-20-18-33(78(66,67)68)25-40(38)76-51)27(7)21-41(56-48)61(50-54-37-19-17-32(77(63,64)65)24-39(37)75-50)44-29(12-2)23-31(14-4)46(35(44)16-6)80(72,73)74/h17-25H,11-16H2,1-10H3,(H,56,57)(H,63,64,65)(H,66,67,68)(H,69,70,71)(H,72,73,74). The molecule has 0 aliphatic rings. The minimum Gasteiger partial charge on any atom is -0.338 e. The van der Waals surface area contributed by atoms with Crippen molar-refractivity contribution in [3.63, 3.8) is 0 Å². The molecule has 4 aromatic heterocycles. The molecule has 0 saturated carbocycles. The van der Waals surface area contributed by atoms with Crippen LogP contribution in [-0.2, 0) is 84.4 Å². The second kappa shape index (κ2) is 22.0. The van der Waals surface area contributed by atoms with Crippen LogP contribution in [0.5, 0.6) is 0 Å². The third-order valence-corrected chi connectivity index (χ3v) is 19.0. The molecule has 0 aliphatic carbocycles. The Morgan fingerprint density at radius 1 is 0.650 bits per heavy atom. The van der Waals surface area contributed by atoms with Crippen molar-refractivity contribution in [3.8, 4) is 11.2 Å². The summed E-state index contributed by atoms with van der Waals surface area (Å²) in [7, 11) is -19.0. The van der Waals surface area contributed by atoms with E-state index in [-0.39, 0.29) is 102 Å². The van der Waals surface area contributed by atoms with E-state index in [0.717, 1.165) is 22.7 Å². The van der Waals surface area contributed by atoms with Gasteiger partial charge in [0.2, 0.25) is 5.13 Å². The monoisotopic (exact) mass is 1200 g/mol. The molecule has 4 aromatic carbocycles. The SMILES string of the molecule is CCc1cc(CC)c(S(=O)(=O)O)c(CC)c1Nc1nc(N(c2nc3ccc(S(=O)(=O)O)cc3s2)c2c(CC)cc(CC)c(S(=O)(=O)O)c2CC)cc(C)c1N=Nc1c(C#N)c(C(C)(C)C)nn1-c1nc2ccc(S(=O)(=O)O)cc2s1. The molecule has 0 aliphatic heterocycles. The Morgan fingerprint density at radius 2 is 1.18 bits per heavy atom. The fourth-order valence-electron chi connectivity index (χ4n) is 9.56. The summed E-state index contributed by atoms with van der Waals surface area (Å²) in [5.41, 5.74) is 3.41. The number of aromatic nitrogens is 5. The first-order valence-corrected chi connectivity index (χ1v) is 32.4. The number of nitriles is 1. The molecule has 0 amide bonds. The molecule has 0 radical (unpaired) electrons. The highest BCUT2D eigenvalue weighted by Gasteiger charge is 2.34. The van der Waals surface area contributed by atoms with Crippen molar-refractivity contribution in [3.05, 3.63) is 105 Å². The Bertz CT molecular complexity index is 4390. The molecule has 0 bridgehead atoms. The van der Waals surface area contributed by atoms with E-state index in [2.05, 4.69) is 16.4 Å². The molecule has 8 rings (SSSR count). The summed E-state index contributed by atoms with van der Waals surface area (Å²) in [5, 5.41) is 28.8. The van der Waals surface area contributed by atoms with Gasteiger partial charge in [0.25, 0.3) is 40.5 Å². The van der Waals surface area contributed by atoms with Crippen LogP contribution in [0.2, 0.25) is 0 Å². The summed E-state index contributed by atoms with van der Waals surface area (Å²) < 4.78 is 146. The van der Waals surface area contributed by atoms with Crippen LogP contribution in [-0.4, -0.2) is 76.6 Å². The number of fused-ring (bicyclic) bond motifs is 2. The van der Waals surface area contributed by atoms with Gasteiger partial charge in [0.05, 0.1) is 41.6 Å².